The van der Waals surface area contributed by atoms with Crippen LogP contribution in [0.2, 0.25) is 5.02 Å². The molecule has 1 aromatic heterocycles. The Labute approximate surface area is 146 Å². The van der Waals surface area contributed by atoms with Gasteiger partial charge in [-0.3, -0.25) is 4.79 Å². The van der Waals surface area contributed by atoms with Gasteiger partial charge in [0.25, 0.3) is 0 Å². The summed E-state index contributed by atoms with van der Waals surface area (Å²) in [5.74, 6) is -0.498. The lowest BCUT2D eigenvalue weighted by atomic mass is 9.99. The number of aromatic amines is 1. The van der Waals surface area contributed by atoms with Crippen LogP contribution < -0.4 is 0 Å². The number of carbonyl (C=O) groups is 1. The van der Waals surface area contributed by atoms with E-state index in [1.54, 1.807) is 0 Å². The monoisotopic (exact) mass is 344 g/mol. The number of carbonyl (C=O) groups excluding carboxylic acids is 1. The number of fused-ring (bicyclic) bond motifs is 3. The van der Waals surface area contributed by atoms with Crippen molar-refractivity contribution in [3.05, 3.63) is 47.0 Å². The molecule has 0 aliphatic rings. The SMILES string of the molecule is CC(C(=O)OCCN(C)C)c1ccc2c(c1)[nH]c1ccc(Cl)cc12. The topological polar surface area (TPSA) is 45.3 Å². The Kier molecular flexibility index (Phi) is 4.78. The van der Waals surface area contributed by atoms with Gasteiger partial charge < -0.3 is 14.6 Å². The van der Waals surface area contributed by atoms with Crippen LogP contribution >= 0.6 is 11.6 Å². The molecule has 0 spiro atoms. The number of halogens is 1. The Balaban J connectivity index is 1.84. The zero-order valence-corrected chi connectivity index (χ0v) is 14.9. The maximum absolute atomic E-state index is 12.2. The zero-order chi connectivity index (χ0) is 17.3. The summed E-state index contributed by atoms with van der Waals surface area (Å²) in [6.45, 7) is 3.00. The van der Waals surface area contributed by atoms with Crippen molar-refractivity contribution in [2.75, 3.05) is 27.2 Å². The van der Waals surface area contributed by atoms with Crippen molar-refractivity contribution < 1.29 is 9.53 Å². The van der Waals surface area contributed by atoms with Crippen LogP contribution in [0.4, 0.5) is 0 Å². The molecule has 5 heteroatoms. The molecule has 0 fully saturated rings. The third-order valence-electron chi connectivity index (χ3n) is 4.22. The van der Waals surface area contributed by atoms with Crippen LogP contribution in [0.15, 0.2) is 36.4 Å². The molecule has 0 saturated heterocycles. The number of nitrogens with one attached hydrogen (secondary N) is 1. The maximum Gasteiger partial charge on any atom is 0.313 e. The second-order valence-corrected chi connectivity index (χ2v) is 6.75. The van der Waals surface area contributed by atoms with Crippen LogP contribution in [0.3, 0.4) is 0 Å². The first-order valence-corrected chi connectivity index (χ1v) is 8.36. The highest BCUT2D eigenvalue weighted by Crippen LogP contribution is 2.30. The van der Waals surface area contributed by atoms with Crippen molar-refractivity contribution in [2.45, 2.75) is 12.8 Å². The first-order valence-electron chi connectivity index (χ1n) is 7.98. The number of ether oxygens (including phenoxy) is 1. The molecule has 0 aliphatic carbocycles. The summed E-state index contributed by atoms with van der Waals surface area (Å²) in [5, 5.41) is 2.90. The number of nitrogens with zero attached hydrogens (tertiary/aromatic N) is 1. The lowest BCUT2D eigenvalue weighted by molar-refractivity contribution is -0.145. The lowest BCUT2D eigenvalue weighted by Gasteiger charge is -2.14. The van der Waals surface area contributed by atoms with Gasteiger partial charge in [-0.1, -0.05) is 23.7 Å². The highest BCUT2D eigenvalue weighted by Gasteiger charge is 2.18. The summed E-state index contributed by atoms with van der Waals surface area (Å²) < 4.78 is 5.35. The fourth-order valence-electron chi connectivity index (χ4n) is 2.75. The second kappa shape index (κ2) is 6.83. The van der Waals surface area contributed by atoms with Crippen molar-refractivity contribution in [1.82, 2.24) is 9.88 Å². The molecule has 1 atom stereocenters. The summed E-state index contributed by atoms with van der Waals surface area (Å²) >= 11 is 6.09. The fraction of sp³-hybridized carbons (Fsp3) is 0.316. The van der Waals surface area contributed by atoms with E-state index in [9.17, 15) is 4.79 Å². The minimum atomic E-state index is -0.299. The van der Waals surface area contributed by atoms with Crippen molar-refractivity contribution in [2.24, 2.45) is 0 Å². The number of hydrogen-bond donors (Lipinski definition) is 1. The van der Waals surface area contributed by atoms with Gasteiger partial charge >= 0.3 is 5.97 Å². The predicted molar refractivity (Wildman–Crippen MR) is 98.7 cm³/mol. The minimum Gasteiger partial charge on any atom is -0.464 e. The molecule has 4 nitrogen and oxygen atoms in total. The standard InChI is InChI=1S/C19H21ClN2O2/c1-12(19(23)24-9-8-22(2)3)13-4-6-15-16-11-14(20)5-7-17(16)21-18(15)10-13/h4-7,10-12,21H,8-9H2,1-3H3. The number of rotatable bonds is 5. The van der Waals surface area contributed by atoms with Gasteiger partial charge in [0.05, 0.1) is 5.92 Å². The Morgan fingerprint density at radius 1 is 1.17 bits per heavy atom. The third kappa shape index (κ3) is 3.40. The second-order valence-electron chi connectivity index (χ2n) is 6.31. The summed E-state index contributed by atoms with van der Waals surface area (Å²) in [4.78, 5) is 17.6. The molecule has 1 N–H and O–H groups in total. The largest absolute Gasteiger partial charge is 0.464 e. The molecule has 0 aliphatic heterocycles. The first kappa shape index (κ1) is 16.8. The first-order chi connectivity index (χ1) is 11.5. The number of esters is 1. The van der Waals surface area contributed by atoms with E-state index in [1.165, 1.54) is 0 Å². The van der Waals surface area contributed by atoms with E-state index in [4.69, 9.17) is 16.3 Å². The highest BCUT2D eigenvalue weighted by molar-refractivity contribution is 6.31. The summed E-state index contributed by atoms with van der Waals surface area (Å²) in [6.07, 6.45) is 0. The molecular weight excluding hydrogens is 324 g/mol. The molecule has 2 aromatic carbocycles. The number of aromatic nitrogens is 1. The van der Waals surface area contributed by atoms with E-state index < -0.39 is 0 Å². The molecule has 0 bridgehead atoms. The molecule has 1 heterocycles. The number of hydrogen-bond acceptors (Lipinski definition) is 3. The molecule has 0 radical (unpaired) electrons. The Morgan fingerprint density at radius 2 is 1.96 bits per heavy atom. The molecule has 3 aromatic rings. The van der Waals surface area contributed by atoms with E-state index >= 15 is 0 Å². The smallest absolute Gasteiger partial charge is 0.313 e. The van der Waals surface area contributed by atoms with Gasteiger partial charge in [-0.2, -0.15) is 0 Å². The van der Waals surface area contributed by atoms with Gasteiger partial charge in [0.1, 0.15) is 6.61 Å². The van der Waals surface area contributed by atoms with Gasteiger partial charge in [0, 0.05) is 33.4 Å². The molecular formula is C19H21ClN2O2. The number of H-pyrrole nitrogens is 1. The van der Waals surface area contributed by atoms with Crippen LogP contribution in [0.5, 0.6) is 0 Å². The third-order valence-corrected chi connectivity index (χ3v) is 4.46. The van der Waals surface area contributed by atoms with Gasteiger partial charge in [0.15, 0.2) is 0 Å². The minimum absolute atomic E-state index is 0.199. The molecule has 0 saturated carbocycles. The normalized spacial score (nSPS) is 12.9. The number of benzene rings is 2. The van der Waals surface area contributed by atoms with Gasteiger partial charge in [0.2, 0.25) is 0 Å². The van der Waals surface area contributed by atoms with Gasteiger partial charge in [-0.05, 0) is 50.8 Å². The fourth-order valence-corrected chi connectivity index (χ4v) is 2.92. The molecule has 0 amide bonds. The molecule has 1 unspecified atom stereocenters. The Bertz CT molecular complexity index is 886. The van der Waals surface area contributed by atoms with Crippen molar-refractivity contribution in [3.8, 4) is 0 Å². The maximum atomic E-state index is 12.2. The summed E-state index contributed by atoms with van der Waals surface area (Å²) in [7, 11) is 3.90. The van der Waals surface area contributed by atoms with E-state index in [1.807, 2.05) is 62.3 Å². The van der Waals surface area contributed by atoms with Gasteiger partial charge in [-0.15, -0.1) is 0 Å². The highest BCUT2D eigenvalue weighted by atomic mass is 35.5. The average molecular weight is 345 g/mol. The van der Waals surface area contributed by atoms with E-state index in [2.05, 4.69) is 4.98 Å². The van der Waals surface area contributed by atoms with Gasteiger partial charge in [-0.25, -0.2) is 0 Å². The number of likely N-dealkylation sites (N-methyl/N-ethyl adjacent to an activating group) is 1. The van der Waals surface area contributed by atoms with Crippen molar-refractivity contribution in [1.29, 1.82) is 0 Å². The Hall–Kier alpha value is -2.04. The van der Waals surface area contributed by atoms with Crippen molar-refractivity contribution in [3.63, 3.8) is 0 Å². The molecule has 24 heavy (non-hydrogen) atoms. The van der Waals surface area contributed by atoms with Crippen molar-refractivity contribution >= 4 is 39.4 Å². The van der Waals surface area contributed by atoms with E-state index in [-0.39, 0.29) is 11.9 Å². The average Bonchev–Trinajstić information content (AvgIpc) is 2.90. The van der Waals surface area contributed by atoms with E-state index in [0.717, 1.165) is 33.9 Å². The van der Waals surface area contributed by atoms with Crippen LogP contribution in [0.1, 0.15) is 18.4 Å². The molecule has 126 valence electrons. The lowest BCUT2D eigenvalue weighted by Crippen LogP contribution is -2.22. The van der Waals surface area contributed by atoms with Crippen LogP contribution in [0, 0.1) is 0 Å². The van der Waals surface area contributed by atoms with Crippen LogP contribution in [-0.2, 0) is 9.53 Å². The summed E-state index contributed by atoms with van der Waals surface area (Å²) in [5.41, 5.74) is 2.97. The quantitative estimate of drug-likeness (QED) is 0.706. The van der Waals surface area contributed by atoms with Crippen LogP contribution in [0.25, 0.3) is 21.8 Å². The summed E-state index contributed by atoms with van der Waals surface area (Å²) in [6, 6.07) is 11.8. The molecule has 3 rings (SSSR count). The zero-order valence-electron chi connectivity index (χ0n) is 14.1. The van der Waals surface area contributed by atoms with E-state index in [0.29, 0.717) is 11.6 Å². The van der Waals surface area contributed by atoms with Crippen LogP contribution in [-0.4, -0.2) is 43.1 Å². The Morgan fingerprint density at radius 3 is 2.71 bits per heavy atom. The predicted octanol–water partition coefficient (Wildman–Crippen LogP) is 4.18.